The van der Waals surface area contributed by atoms with Gasteiger partial charge in [-0.05, 0) is 43.4 Å². The zero-order valence-corrected chi connectivity index (χ0v) is 14.5. The summed E-state index contributed by atoms with van der Waals surface area (Å²) in [5, 5.41) is 3.15. The highest BCUT2D eigenvalue weighted by Gasteiger charge is 2.28. The molecule has 0 saturated carbocycles. The van der Waals surface area contributed by atoms with Crippen LogP contribution in [-0.2, 0) is 4.79 Å². The van der Waals surface area contributed by atoms with E-state index in [0.29, 0.717) is 12.5 Å². The van der Waals surface area contributed by atoms with Crippen molar-refractivity contribution in [2.24, 2.45) is 0 Å². The number of nitrogens with one attached hydrogen (secondary N) is 1. The summed E-state index contributed by atoms with van der Waals surface area (Å²) < 4.78 is 0. The number of hydrogen-bond acceptors (Lipinski definition) is 2. The molecule has 2 unspecified atom stereocenters. The number of amides is 1. The van der Waals surface area contributed by atoms with Gasteiger partial charge in [-0.2, -0.15) is 0 Å². The number of likely N-dealkylation sites (tertiary alicyclic amines) is 1. The Kier molecular flexibility index (Phi) is 6.24. The largest absolute Gasteiger partial charge is 0.348 e. The van der Waals surface area contributed by atoms with Crippen LogP contribution in [0.5, 0.6) is 0 Å². The first-order valence-corrected chi connectivity index (χ1v) is 8.60. The second kappa shape index (κ2) is 8.17. The normalized spacial score (nSPS) is 20.0. The van der Waals surface area contributed by atoms with Gasteiger partial charge in [0, 0.05) is 0 Å². The molecule has 0 aliphatic carbocycles. The standard InChI is InChI=1S/C20H28N2O/c1-5-13-22-14-7-6-8-19(22)20(23)21-16(4)18-11-9-17(10-12-18)15(2)3/h1,9-12,15-16,19H,6-8,13-14H2,2-4H3,(H,21,23). The van der Waals surface area contributed by atoms with Crippen LogP contribution < -0.4 is 5.32 Å². The quantitative estimate of drug-likeness (QED) is 0.844. The molecule has 0 spiro atoms. The molecule has 1 heterocycles. The lowest BCUT2D eigenvalue weighted by Crippen LogP contribution is -2.49. The Morgan fingerprint density at radius 3 is 2.52 bits per heavy atom. The van der Waals surface area contributed by atoms with E-state index < -0.39 is 0 Å². The molecule has 2 atom stereocenters. The SMILES string of the molecule is C#CCN1CCCCC1C(=O)NC(C)c1ccc(C(C)C)cc1. The Morgan fingerprint density at radius 1 is 1.26 bits per heavy atom. The molecule has 1 fully saturated rings. The summed E-state index contributed by atoms with van der Waals surface area (Å²) in [4.78, 5) is 14.7. The van der Waals surface area contributed by atoms with E-state index in [4.69, 9.17) is 6.42 Å². The molecule has 23 heavy (non-hydrogen) atoms. The van der Waals surface area contributed by atoms with E-state index in [1.165, 1.54) is 5.56 Å². The molecule has 3 heteroatoms. The van der Waals surface area contributed by atoms with Crippen molar-refractivity contribution < 1.29 is 4.79 Å². The summed E-state index contributed by atoms with van der Waals surface area (Å²) in [5.74, 6) is 3.29. The molecule has 0 aromatic heterocycles. The van der Waals surface area contributed by atoms with Crippen molar-refractivity contribution in [3.05, 3.63) is 35.4 Å². The van der Waals surface area contributed by atoms with Crippen LogP contribution in [0.25, 0.3) is 0 Å². The first-order valence-electron chi connectivity index (χ1n) is 8.60. The van der Waals surface area contributed by atoms with Gasteiger partial charge >= 0.3 is 0 Å². The molecule has 1 aromatic rings. The fourth-order valence-electron chi connectivity index (χ4n) is 3.16. The highest BCUT2D eigenvalue weighted by atomic mass is 16.2. The first-order chi connectivity index (χ1) is 11.0. The van der Waals surface area contributed by atoms with E-state index >= 15 is 0 Å². The molecule has 0 bridgehead atoms. The number of carbonyl (C=O) groups excluding carboxylic acids is 1. The zero-order valence-electron chi connectivity index (χ0n) is 14.5. The Labute approximate surface area is 140 Å². The van der Waals surface area contributed by atoms with Crippen LogP contribution >= 0.6 is 0 Å². The fraction of sp³-hybridized carbons (Fsp3) is 0.550. The Balaban J connectivity index is 1.99. The van der Waals surface area contributed by atoms with Crippen LogP contribution in [0.15, 0.2) is 24.3 Å². The fourth-order valence-corrected chi connectivity index (χ4v) is 3.16. The molecule has 1 aromatic carbocycles. The molecule has 2 rings (SSSR count). The van der Waals surface area contributed by atoms with Crippen LogP contribution in [0.1, 0.15) is 63.1 Å². The van der Waals surface area contributed by atoms with Gasteiger partial charge in [0.15, 0.2) is 0 Å². The van der Waals surface area contributed by atoms with Gasteiger partial charge in [0.25, 0.3) is 0 Å². The molecular formula is C20H28N2O. The van der Waals surface area contributed by atoms with Crippen molar-refractivity contribution in [2.75, 3.05) is 13.1 Å². The molecule has 124 valence electrons. The van der Waals surface area contributed by atoms with Crippen molar-refractivity contribution in [3.63, 3.8) is 0 Å². The van der Waals surface area contributed by atoms with Crippen molar-refractivity contribution in [1.29, 1.82) is 0 Å². The van der Waals surface area contributed by atoms with E-state index in [2.05, 4.69) is 54.3 Å². The van der Waals surface area contributed by atoms with Crippen molar-refractivity contribution in [1.82, 2.24) is 10.2 Å². The van der Waals surface area contributed by atoms with Crippen LogP contribution in [0.2, 0.25) is 0 Å². The number of piperidine rings is 1. The minimum Gasteiger partial charge on any atom is -0.348 e. The zero-order chi connectivity index (χ0) is 16.8. The van der Waals surface area contributed by atoms with Crippen LogP contribution in [0.4, 0.5) is 0 Å². The van der Waals surface area contributed by atoms with Gasteiger partial charge in [-0.1, -0.05) is 50.5 Å². The lowest BCUT2D eigenvalue weighted by molar-refractivity contribution is -0.128. The summed E-state index contributed by atoms with van der Waals surface area (Å²) >= 11 is 0. The van der Waals surface area contributed by atoms with Crippen LogP contribution in [0.3, 0.4) is 0 Å². The van der Waals surface area contributed by atoms with Crippen LogP contribution in [0, 0.1) is 12.3 Å². The minimum absolute atomic E-state index is 0.0123. The minimum atomic E-state index is -0.0859. The van der Waals surface area contributed by atoms with Gasteiger partial charge < -0.3 is 5.32 Å². The van der Waals surface area contributed by atoms with E-state index in [1.54, 1.807) is 0 Å². The van der Waals surface area contributed by atoms with Gasteiger partial charge in [0.1, 0.15) is 0 Å². The molecule has 0 radical (unpaired) electrons. The lowest BCUT2D eigenvalue weighted by atomic mass is 9.98. The molecular weight excluding hydrogens is 284 g/mol. The highest BCUT2D eigenvalue weighted by molar-refractivity contribution is 5.82. The van der Waals surface area contributed by atoms with Gasteiger partial charge in [0.2, 0.25) is 5.91 Å². The summed E-state index contributed by atoms with van der Waals surface area (Å²) in [6.07, 6.45) is 8.54. The number of hydrogen-bond donors (Lipinski definition) is 1. The maximum Gasteiger partial charge on any atom is 0.237 e. The topological polar surface area (TPSA) is 32.3 Å². The van der Waals surface area contributed by atoms with Crippen LogP contribution in [-0.4, -0.2) is 29.9 Å². The number of nitrogens with zero attached hydrogens (tertiary/aromatic N) is 1. The number of benzene rings is 1. The smallest absolute Gasteiger partial charge is 0.237 e. The number of terminal acetylenes is 1. The van der Waals surface area contributed by atoms with Gasteiger partial charge in [0.05, 0.1) is 18.6 Å². The van der Waals surface area contributed by atoms with Crippen molar-refractivity contribution in [3.8, 4) is 12.3 Å². The second-order valence-corrected chi connectivity index (χ2v) is 6.74. The predicted octanol–water partition coefficient (Wildman–Crippen LogP) is 3.47. The maximum absolute atomic E-state index is 12.6. The van der Waals surface area contributed by atoms with E-state index in [0.717, 1.165) is 31.4 Å². The molecule has 1 aliphatic rings. The van der Waals surface area contributed by atoms with E-state index in [1.807, 2.05) is 6.92 Å². The van der Waals surface area contributed by atoms with E-state index in [9.17, 15) is 4.79 Å². The lowest BCUT2D eigenvalue weighted by Gasteiger charge is -2.34. The summed E-state index contributed by atoms with van der Waals surface area (Å²) in [6.45, 7) is 7.87. The Hall–Kier alpha value is -1.79. The Morgan fingerprint density at radius 2 is 1.91 bits per heavy atom. The van der Waals surface area contributed by atoms with Crippen molar-refractivity contribution >= 4 is 5.91 Å². The third-order valence-corrected chi connectivity index (χ3v) is 4.67. The molecule has 1 aliphatic heterocycles. The third-order valence-electron chi connectivity index (χ3n) is 4.67. The molecule has 1 saturated heterocycles. The first kappa shape index (κ1) is 17.6. The summed E-state index contributed by atoms with van der Waals surface area (Å²) in [6, 6.07) is 8.44. The average molecular weight is 312 g/mol. The highest BCUT2D eigenvalue weighted by Crippen LogP contribution is 2.21. The van der Waals surface area contributed by atoms with Crippen molar-refractivity contribution in [2.45, 2.75) is 58.0 Å². The summed E-state index contributed by atoms with van der Waals surface area (Å²) in [7, 11) is 0. The number of carbonyl (C=O) groups is 1. The summed E-state index contributed by atoms with van der Waals surface area (Å²) in [5.41, 5.74) is 2.46. The second-order valence-electron chi connectivity index (χ2n) is 6.74. The molecule has 1 N–H and O–H groups in total. The maximum atomic E-state index is 12.6. The molecule has 3 nitrogen and oxygen atoms in total. The average Bonchev–Trinajstić information content (AvgIpc) is 2.55. The Bertz CT molecular complexity index is 556. The van der Waals surface area contributed by atoms with E-state index in [-0.39, 0.29) is 18.0 Å². The third kappa shape index (κ3) is 4.59. The monoisotopic (exact) mass is 312 g/mol. The van der Waals surface area contributed by atoms with Gasteiger partial charge in [-0.3, -0.25) is 9.69 Å². The van der Waals surface area contributed by atoms with Gasteiger partial charge in [-0.15, -0.1) is 6.42 Å². The molecule has 1 amide bonds. The van der Waals surface area contributed by atoms with Gasteiger partial charge in [-0.25, -0.2) is 0 Å². The predicted molar refractivity (Wildman–Crippen MR) is 95.1 cm³/mol. The number of rotatable bonds is 5.